The molecule has 3 aromatic rings. The van der Waals surface area contributed by atoms with Crippen molar-refractivity contribution in [2.45, 2.75) is 13.8 Å². The summed E-state index contributed by atoms with van der Waals surface area (Å²) in [4.78, 5) is 23.7. The van der Waals surface area contributed by atoms with Gasteiger partial charge in [0.2, 0.25) is 0 Å². The summed E-state index contributed by atoms with van der Waals surface area (Å²) in [5, 5.41) is 20.5. The van der Waals surface area contributed by atoms with Crippen molar-refractivity contribution in [3.63, 3.8) is 0 Å². The SMILES string of the molecule is Cc1cc(/C=C/c2ccc(C(=O)Oc3ccc([N+](=O)[O-])cc3)s2)cc(C)c1O. The van der Waals surface area contributed by atoms with Gasteiger partial charge in [-0.1, -0.05) is 6.08 Å². The number of hydrogen-bond donors (Lipinski definition) is 1. The van der Waals surface area contributed by atoms with Crippen LogP contribution < -0.4 is 4.74 Å². The summed E-state index contributed by atoms with van der Waals surface area (Å²) in [6, 6.07) is 12.6. The number of nitro groups is 1. The minimum Gasteiger partial charge on any atom is -0.507 e. The van der Waals surface area contributed by atoms with E-state index in [-0.39, 0.29) is 11.4 Å². The molecule has 1 aromatic heterocycles. The lowest BCUT2D eigenvalue weighted by molar-refractivity contribution is -0.384. The van der Waals surface area contributed by atoms with Crippen molar-refractivity contribution in [2.75, 3.05) is 0 Å². The number of nitro benzene ring substituents is 1. The number of thiophene rings is 1. The van der Waals surface area contributed by atoms with Crippen LogP contribution in [0.4, 0.5) is 5.69 Å². The molecule has 0 radical (unpaired) electrons. The molecular formula is C21H17NO5S. The first-order chi connectivity index (χ1) is 13.3. The van der Waals surface area contributed by atoms with Crippen molar-refractivity contribution in [3.05, 3.63) is 85.1 Å². The van der Waals surface area contributed by atoms with Crippen LogP contribution in [0.15, 0.2) is 48.5 Å². The molecular weight excluding hydrogens is 378 g/mol. The molecule has 0 atom stereocenters. The third-order valence-electron chi connectivity index (χ3n) is 4.04. The number of aryl methyl sites for hydroxylation is 2. The predicted molar refractivity (Wildman–Crippen MR) is 109 cm³/mol. The molecule has 7 heteroatoms. The number of phenolic OH excluding ortho intramolecular Hbond substituents is 1. The summed E-state index contributed by atoms with van der Waals surface area (Å²) < 4.78 is 5.25. The molecule has 2 aromatic carbocycles. The highest BCUT2D eigenvalue weighted by molar-refractivity contribution is 7.14. The lowest BCUT2D eigenvalue weighted by Gasteiger charge is -2.04. The van der Waals surface area contributed by atoms with E-state index in [9.17, 15) is 20.0 Å². The first-order valence-electron chi connectivity index (χ1n) is 8.38. The monoisotopic (exact) mass is 395 g/mol. The molecule has 0 saturated heterocycles. The lowest BCUT2D eigenvalue weighted by atomic mass is 10.1. The molecule has 1 N–H and O–H groups in total. The number of hydrogen-bond acceptors (Lipinski definition) is 6. The molecule has 3 rings (SSSR count). The van der Waals surface area contributed by atoms with Crippen molar-refractivity contribution in [2.24, 2.45) is 0 Å². The van der Waals surface area contributed by atoms with Crippen molar-refractivity contribution >= 4 is 35.1 Å². The van der Waals surface area contributed by atoms with E-state index in [0.29, 0.717) is 10.6 Å². The number of aromatic hydroxyl groups is 1. The average molecular weight is 395 g/mol. The zero-order valence-electron chi connectivity index (χ0n) is 15.2. The minimum absolute atomic E-state index is 0.0666. The highest BCUT2D eigenvalue weighted by Crippen LogP contribution is 2.26. The van der Waals surface area contributed by atoms with E-state index in [1.165, 1.54) is 35.6 Å². The smallest absolute Gasteiger partial charge is 0.353 e. The molecule has 0 aliphatic heterocycles. The molecule has 142 valence electrons. The Kier molecular flexibility index (Phi) is 5.56. The molecule has 28 heavy (non-hydrogen) atoms. The fraction of sp³-hybridized carbons (Fsp3) is 0.0952. The van der Waals surface area contributed by atoms with E-state index >= 15 is 0 Å². The van der Waals surface area contributed by atoms with Gasteiger partial charge in [-0.3, -0.25) is 10.1 Å². The van der Waals surface area contributed by atoms with Crippen molar-refractivity contribution in [1.82, 2.24) is 0 Å². The van der Waals surface area contributed by atoms with Crippen LogP contribution in [0.3, 0.4) is 0 Å². The molecule has 0 aliphatic carbocycles. The van der Waals surface area contributed by atoms with Gasteiger partial charge in [-0.2, -0.15) is 0 Å². The second-order valence-electron chi connectivity index (χ2n) is 6.18. The Morgan fingerprint density at radius 2 is 1.71 bits per heavy atom. The quantitative estimate of drug-likeness (QED) is 0.271. The number of non-ortho nitro benzene ring substituents is 1. The zero-order chi connectivity index (χ0) is 20.3. The Balaban J connectivity index is 1.69. The molecule has 0 amide bonds. The number of phenols is 1. The summed E-state index contributed by atoms with van der Waals surface area (Å²) in [5.74, 6) is 0.0236. The van der Waals surface area contributed by atoms with Gasteiger partial charge in [-0.05, 0) is 73.0 Å². The average Bonchev–Trinajstić information content (AvgIpc) is 3.14. The van der Waals surface area contributed by atoms with Gasteiger partial charge in [0.25, 0.3) is 5.69 Å². The number of carbonyl (C=O) groups is 1. The van der Waals surface area contributed by atoms with Crippen LogP contribution in [0, 0.1) is 24.0 Å². The number of esters is 1. The highest BCUT2D eigenvalue weighted by atomic mass is 32.1. The van der Waals surface area contributed by atoms with Crippen LogP contribution in [0.25, 0.3) is 12.2 Å². The maximum Gasteiger partial charge on any atom is 0.353 e. The maximum atomic E-state index is 12.2. The fourth-order valence-electron chi connectivity index (χ4n) is 2.61. The maximum absolute atomic E-state index is 12.2. The van der Waals surface area contributed by atoms with Gasteiger partial charge in [0.1, 0.15) is 16.4 Å². The molecule has 6 nitrogen and oxygen atoms in total. The van der Waals surface area contributed by atoms with Crippen LogP contribution >= 0.6 is 11.3 Å². The van der Waals surface area contributed by atoms with E-state index in [1.54, 1.807) is 6.07 Å². The largest absolute Gasteiger partial charge is 0.507 e. The number of ether oxygens (including phenoxy) is 1. The van der Waals surface area contributed by atoms with Gasteiger partial charge in [0.15, 0.2) is 0 Å². The van der Waals surface area contributed by atoms with Gasteiger partial charge in [0.05, 0.1) is 4.92 Å². The minimum atomic E-state index is -0.519. The molecule has 0 unspecified atom stereocenters. The third-order valence-corrected chi connectivity index (χ3v) is 5.07. The van der Waals surface area contributed by atoms with Gasteiger partial charge in [0, 0.05) is 17.0 Å². The summed E-state index contributed by atoms with van der Waals surface area (Å²) in [7, 11) is 0. The Bertz CT molecular complexity index is 1040. The lowest BCUT2D eigenvalue weighted by Crippen LogP contribution is -2.06. The van der Waals surface area contributed by atoms with Gasteiger partial charge < -0.3 is 9.84 Å². The Morgan fingerprint density at radius 1 is 1.07 bits per heavy atom. The van der Waals surface area contributed by atoms with Crippen LogP contribution in [-0.2, 0) is 0 Å². The summed E-state index contributed by atoms with van der Waals surface area (Å²) in [6.07, 6.45) is 3.80. The number of carbonyl (C=O) groups excluding carboxylic acids is 1. The van der Waals surface area contributed by atoms with Crippen LogP contribution in [0.1, 0.15) is 31.2 Å². The number of rotatable bonds is 5. The zero-order valence-corrected chi connectivity index (χ0v) is 16.0. The predicted octanol–water partition coefficient (Wildman–Crippen LogP) is 5.37. The molecule has 0 fully saturated rings. The Morgan fingerprint density at radius 3 is 2.32 bits per heavy atom. The second kappa shape index (κ2) is 8.06. The molecule has 0 bridgehead atoms. The Hall–Kier alpha value is -3.45. The Labute approximate surface area is 165 Å². The van der Waals surface area contributed by atoms with E-state index in [1.807, 2.05) is 44.2 Å². The van der Waals surface area contributed by atoms with Crippen LogP contribution in [-0.4, -0.2) is 16.0 Å². The van der Waals surface area contributed by atoms with Crippen molar-refractivity contribution < 1.29 is 19.6 Å². The van der Waals surface area contributed by atoms with Crippen LogP contribution in [0.2, 0.25) is 0 Å². The van der Waals surface area contributed by atoms with Gasteiger partial charge in [-0.15, -0.1) is 11.3 Å². The normalized spacial score (nSPS) is 10.9. The number of nitrogens with zero attached hydrogens (tertiary/aromatic N) is 1. The summed E-state index contributed by atoms with van der Waals surface area (Å²) in [6.45, 7) is 3.69. The van der Waals surface area contributed by atoms with E-state index in [0.717, 1.165) is 21.6 Å². The second-order valence-corrected chi connectivity index (χ2v) is 7.29. The van der Waals surface area contributed by atoms with E-state index < -0.39 is 10.9 Å². The first kappa shape index (κ1) is 19.3. The molecule has 0 saturated carbocycles. The third kappa shape index (κ3) is 4.44. The number of benzene rings is 2. The van der Waals surface area contributed by atoms with Gasteiger partial charge in [-0.25, -0.2) is 4.79 Å². The molecule has 1 heterocycles. The van der Waals surface area contributed by atoms with Gasteiger partial charge >= 0.3 is 5.97 Å². The summed E-state index contributed by atoms with van der Waals surface area (Å²) in [5.41, 5.74) is 2.50. The first-order valence-corrected chi connectivity index (χ1v) is 9.20. The van der Waals surface area contributed by atoms with Crippen molar-refractivity contribution in [1.29, 1.82) is 0 Å². The van der Waals surface area contributed by atoms with Crippen molar-refractivity contribution in [3.8, 4) is 11.5 Å². The topological polar surface area (TPSA) is 89.7 Å². The molecule has 0 aliphatic rings. The van der Waals surface area contributed by atoms with Crippen LogP contribution in [0.5, 0.6) is 11.5 Å². The standard InChI is InChI=1S/C21H17NO5S/c1-13-11-15(12-14(2)20(13)23)3-8-18-9-10-19(28-18)21(24)27-17-6-4-16(5-7-17)22(25)26/h3-12,23H,1-2H3/b8-3+. The summed E-state index contributed by atoms with van der Waals surface area (Å²) >= 11 is 1.28. The van der Waals surface area contributed by atoms with E-state index in [2.05, 4.69) is 0 Å². The van der Waals surface area contributed by atoms with E-state index in [4.69, 9.17) is 4.74 Å². The highest BCUT2D eigenvalue weighted by Gasteiger charge is 2.12. The molecule has 0 spiro atoms. The fourth-order valence-corrected chi connectivity index (χ4v) is 3.40.